The van der Waals surface area contributed by atoms with Crippen LogP contribution in [-0.4, -0.2) is 9.55 Å². The average molecular weight is 647 g/mol. The van der Waals surface area contributed by atoms with Crippen LogP contribution >= 0.6 is 0 Å². The number of hydrogen-bond acceptors (Lipinski definition) is 1. The molecule has 0 fully saturated rings. The molecule has 0 atom stereocenters. The summed E-state index contributed by atoms with van der Waals surface area (Å²) >= 11 is 0. The number of rotatable bonds is 5. The highest BCUT2D eigenvalue weighted by Gasteiger charge is 2.37. The molecule has 2 nitrogen and oxygen atoms in total. The summed E-state index contributed by atoms with van der Waals surface area (Å²) in [6, 6.07) is 45.2. The van der Waals surface area contributed by atoms with Crippen LogP contribution in [0.3, 0.4) is 0 Å². The molecule has 0 saturated heterocycles. The molecular formula is C48H42N2. The van der Waals surface area contributed by atoms with Gasteiger partial charge in [-0.3, -0.25) is 4.57 Å². The summed E-state index contributed by atoms with van der Waals surface area (Å²) in [5, 5.41) is 7.95. The van der Waals surface area contributed by atoms with Gasteiger partial charge in [0.05, 0.1) is 5.69 Å². The Labute approximate surface area is 295 Å². The van der Waals surface area contributed by atoms with Crippen LogP contribution in [0.15, 0.2) is 134 Å². The Morgan fingerprint density at radius 1 is 0.540 bits per heavy atom. The Morgan fingerprint density at radius 2 is 1.12 bits per heavy atom. The monoisotopic (exact) mass is 646 g/mol. The Balaban J connectivity index is 1.26. The first-order valence-corrected chi connectivity index (χ1v) is 18.0. The number of hydrogen-bond donors (Lipinski definition) is 0. The molecule has 0 aliphatic heterocycles. The van der Waals surface area contributed by atoms with Gasteiger partial charge in [-0.15, -0.1) is 0 Å². The fourth-order valence-corrected chi connectivity index (χ4v) is 8.69. The van der Waals surface area contributed by atoms with Crippen molar-refractivity contribution in [3.63, 3.8) is 0 Å². The average Bonchev–Trinajstić information content (AvgIpc) is 3.71. The summed E-state index contributed by atoms with van der Waals surface area (Å²) in [6.07, 6.45) is 4.12. The van der Waals surface area contributed by atoms with Gasteiger partial charge in [-0.2, -0.15) is 0 Å². The van der Waals surface area contributed by atoms with E-state index in [2.05, 4.69) is 174 Å². The Kier molecular flexibility index (Phi) is 6.90. The second kappa shape index (κ2) is 11.3. The lowest BCUT2D eigenvalue weighted by molar-refractivity contribution is 0.661. The summed E-state index contributed by atoms with van der Waals surface area (Å²) < 4.78 is 2.35. The van der Waals surface area contributed by atoms with Gasteiger partial charge in [0.25, 0.3) is 0 Å². The molecule has 0 N–H and O–H groups in total. The zero-order valence-corrected chi connectivity index (χ0v) is 29.8. The SMILES string of the molecule is CC(C)c1cc(-c2ccccc2)cc(C(C)C)c1-n1ccnc1-c1ccc2c(c1)C(C)(C)c1ccc3c4ccccc4c4ccccc4c3c1-2. The highest BCUT2D eigenvalue weighted by molar-refractivity contribution is 6.29. The summed E-state index contributed by atoms with van der Waals surface area (Å²) in [5.41, 5.74) is 12.9. The van der Waals surface area contributed by atoms with Crippen LogP contribution in [-0.2, 0) is 5.41 Å². The number of aromatic nitrogens is 2. The van der Waals surface area contributed by atoms with Crippen molar-refractivity contribution in [2.24, 2.45) is 0 Å². The summed E-state index contributed by atoms with van der Waals surface area (Å²) in [4.78, 5) is 5.05. The third kappa shape index (κ3) is 4.44. The van der Waals surface area contributed by atoms with Gasteiger partial charge in [0.2, 0.25) is 0 Å². The van der Waals surface area contributed by atoms with Crippen molar-refractivity contribution in [1.29, 1.82) is 0 Å². The third-order valence-electron chi connectivity index (χ3n) is 11.2. The number of fused-ring (bicyclic) bond motifs is 10. The Morgan fingerprint density at radius 3 is 1.76 bits per heavy atom. The van der Waals surface area contributed by atoms with Gasteiger partial charge in [-0.05, 0) is 107 Å². The standard InChI is InChI=1S/C48H42N2/c1-29(2)40-26-33(31-14-8-7-9-15-31)27-41(30(3)4)46(40)50-25-24-49-47(50)32-20-21-39-43(28-32)48(5,6)42-23-22-38-36-18-11-10-16-34(36)35-17-12-13-19-37(35)44(38)45(39)42/h7-30H,1-6H3. The molecule has 244 valence electrons. The molecule has 2 heteroatoms. The van der Waals surface area contributed by atoms with E-state index >= 15 is 0 Å². The minimum Gasteiger partial charge on any atom is -0.299 e. The van der Waals surface area contributed by atoms with Gasteiger partial charge >= 0.3 is 0 Å². The Bertz CT molecular complexity index is 2550. The van der Waals surface area contributed by atoms with Crippen LogP contribution in [0.5, 0.6) is 0 Å². The summed E-state index contributed by atoms with van der Waals surface area (Å²) in [6.45, 7) is 14.0. The van der Waals surface area contributed by atoms with Crippen molar-refractivity contribution in [3.05, 3.63) is 156 Å². The van der Waals surface area contributed by atoms with Crippen LogP contribution in [0.1, 0.15) is 75.6 Å². The van der Waals surface area contributed by atoms with E-state index in [0.29, 0.717) is 11.8 Å². The fraction of sp³-hybridized carbons (Fsp3) is 0.188. The van der Waals surface area contributed by atoms with E-state index in [1.54, 1.807) is 0 Å². The molecule has 7 aromatic carbocycles. The van der Waals surface area contributed by atoms with Crippen molar-refractivity contribution < 1.29 is 0 Å². The topological polar surface area (TPSA) is 17.8 Å². The van der Waals surface area contributed by atoms with E-state index < -0.39 is 0 Å². The maximum atomic E-state index is 5.05. The zero-order valence-electron chi connectivity index (χ0n) is 29.8. The lowest BCUT2D eigenvalue weighted by atomic mass is 9.81. The molecule has 0 unspecified atom stereocenters. The van der Waals surface area contributed by atoms with Gasteiger partial charge in [-0.25, -0.2) is 4.98 Å². The molecule has 0 amide bonds. The van der Waals surface area contributed by atoms with E-state index in [1.807, 2.05) is 6.20 Å². The molecule has 0 bridgehead atoms. The third-order valence-corrected chi connectivity index (χ3v) is 11.2. The minimum atomic E-state index is -0.164. The molecule has 50 heavy (non-hydrogen) atoms. The molecule has 9 rings (SSSR count). The Hall–Kier alpha value is -5.47. The maximum absolute atomic E-state index is 5.05. The van der Waals surface area contributed by atoms with Crippen molar-refractivity contribution in [2.75, 3.05) is 0 Å². The molecular weight excluding hydrogens is 605 g/mol. The smallest absolute Gasteiger partial charge is 0.144 e. The van der Waals surface area contributed by atoms with Crippen LogP contribution < -0.4 is 0 Å². The van der Waals surface area contributed by atoms with E-state index in [-0.39, 0.29) is 5.41 Å². The predicted molar refractivity (Wildman–Crippen MR) is 213 cm³/mol. The van der Waals surface area contributed by atoms with Crippen LogP contribution in [0, 0.1) is 0 Å². The first-order valence-electron chi connectivity index (χ1n) is 18.0. The van der Waals surface area contributed by atoms with Gasteiger partial charge < -0.3 is 0 Å². The highest BCUT2D eigenvalue weighted by Crippen LogP contribution is 2.54. The molecule has 1 heterocycles. The molecule has 0 saturated carbocycles. The molecule has 0 spiro atoms. The number of benzene rings is 7. The first kappa shape index (κ1) is 30.6. The quantitative estimate of drug-likeness (QED) is 0.170. The van der Waals surface area contributed by atoms with E-state index in [1.165, 1.54) is 82.5 Å². The minimum absolute atomic E-state index is 0.164. The first-order chi connectivity index (χ1) is 24.2. The number of nitrogens with zero attached hydrogens (tertiary/aromatic N) is 2. The second-order valence-corrected chi connectivity index (χ2v) is 15.2. The summed E-state index contributed by atoms with van der Waals surface area (Å²) in [5.74, 6) is 1.67. The lowest BCUT2D eigenvalue weighted by Crippen LogP contribution is -2.15. The largest absolute Gasteiger partial charge is 0.299 e. The summed E-state index contributed by atoms with van der Waals surface area (Å²) in [7, 11) is 0. The maximum Gasteiger partial charge on any atom is 0.144 e. The second-order valence-electron chi connectivity index (χ2n) is 15.2. The normalized spacial score (nSPS) is 13.5. The van der Waals surface area contributed by atoms with Crippen LogP contribution in [0.25, 0.3) is 71.6 Å². The molecule has 1 aliphatic rings. The van der Waals surface area contributed by atoms with Gasteiger partial charge in [-0.1, -0.05) is 145 Å². The van der Waals surface area contributed by atoms with Gasteiger partial charge in [0.1, 0.15) is 5.82 Å². The van der Waals surface area contributed by atoms with Crippen molar-refractivity contribution >= 4 is 32.3 Å². The van der Waals surface area contributed by atoms with Crippen molar-refractivity contribution in [3.8, 4) is 39.3 Å². The van der Waals surface area contributed by atoms with Crippen LogP contribution in [0.4, 0.5) is 0 Å². The van der Waals surface area contributed by atoms with Crippen molar-refractivity contribution in [1.82, 2.24) is 9.55 Å². The van der Waals surface area contributed by atoms with Crippen LogP contribution in [0.2, 0.25) is 0 Å². The van der Waals surface area contributed by atoms with E-state index in [9.17, 15) is 0 Å². The van der Waals surface area contributed by atoms with Crippen molar-refractivity contribution in [2.45, 2.75) is 58.8 Å². The lowest BCUT2D eigenvalue weighted by Gasteiger charge is -2.24. The van der Waals surface area contributed by atoms with E-state index in [0.717, 1.165) is 11.4 Å². The van der Waals surface area contributed by atoms with Gasteiger partial charge in [0, 0.05) is 23.4 Å². The van der Waals surface area contributed by atoms with Gasteiger partial charge in [0.15, 0.2) is 0 Å². The molecule has 8 aromatic rings. The zero-order chi connectivity index (χ0) is 34.3. The number of imidazole rings is 1. The molecule has 1 aromatic heterocycles. The predicted octanol–water partition coefficient (Wildman–Crippen LogP) is 13.2. The van der Waals surface area contributed by atoms with E-state index in [4.69, 9.17) is 4.98 Å². The fourth-order valence-electron chi connectivity index (χ4n) is 8.69. The molecule has 0 radical (unpaired) electrons. The highest BCUT2D eigenvalue weighted by atomic mass is 15.1. The molecule has 1 aliphatic carbocycles.